The molecule has 2 aromatic rings. The van der Waals surface area contributed by atoms with E-state index in [1.165, 1.54) is 29.0 Å². The molecule has 9 heteroatoms. The fourth-order valence-corrected chi connectivity index (χ4v) is 2.90. The monoisotopic (exact) mass is 378 g/mol. The summed E-state index contributed by atoms with van der Waals surface area (Å²) < 4.78 is 7.09. The van der Waals surface area contributed by atoms with Crippen molar-refractivity contribution in [3.8, 4) is 5.75 Å². The Balaban J connectivity index is 1.65. The summed E-state index contributed by atoms with van der Waals surface area (Å²) in [6.45, 7) is 1.47. The van der Waals surface area contributed by atoms with Gasteiger partial charge in [-0.15, -0.1) is 0 Å². The molecule has 1 saturated heterocycles. The number of phenolic OH excluding ortho intramolecular Hbond substituents is 1. The summed E-state index contributed by atoms with van der Waals surface area (Å²) >= 11 is 6.07. The van der Waals surface area contributed by atoms with Crippen LogP contribution in [-0.4, -0.2) is 57.8 Å². The lowest BCUT2D eigenvalue weighted by Crippen LogP contribution is -2.48. The molecule has 1 aliphatic rings. The molecule has 0 bridgehead atoms. The molecule has 3 rings (SSSR count). The fourth-order valence-electron chi connectivity index (χ4n) is 2.70. The van der Waals surface area contributed by atoms with E-state index >= 15 is 0 Å². The van der Waals surface area contributed by atoms with Crippen LogP contribution in [0.25, 0.3) is 0 Å². The summed E-state index contributed by atoms with van der Waals surface area (Å²) in [5.41, 5.74) is 0.0154. The highest BCUT2D eigenvalue weighted by Gasteiger charge is 2.26. The van der Waals surface area contributed by atoms with Crippen LogP contribution in [0.15, 0.2) is 35.4 Å². The van der Waals surface area contributed by atoms with Crippen LogP contribution in [0.5, 0.6) is 5.75 Å². The number of amides is 1. The van der Waals surface area contributed by atoms with Crippen LogP contribution in [0.3, 0.4) is 0 Å². The van der Waals surface area contributed by atoms with Crippen molar-refractivity contribution in [1.82, 2.24) is 14.5 Å². The number of carbonyl (C=O) groups is 1. The van der Waals surface area contributed by atoms with E-state index in [0.29, 0.717) is 26.2 Å². The van der Waals surface area contributed by atoms with Crippen molar-refractivity contribution in [2.45, 2.75) is 6.10 Å². The minimum atomic E-state index is -0.296. The van der Waals surface area contributed by atoms with Crippen LogP contribution in [-0.2, 0) is 11.8 Å². The zero-order valence-corrected chi connectivity index (χ0v) is 14.9. The molecule has 1 atom stereocenters. The van der Waals surface area contributed by atoms with Crippen LogP contribution in [0, 0.1) is 0 Å². The van der Waals surface area contributed by atoms with Gasteiger partial charge in [0.15, 0.2) is 5.82 Å². The molecule has 0 spiro atoms. The number of aromatic hydroxyl groups is 1. The van der Waals surface area contributed by atoms with E-state index in [-0.39, 0.29) is 39.7 Å². The maximum atomic E-state index is 12.7. The number of nitrogens with one attached hydrogen (secondary N) is 1. The summed E-state index contributed by atoms with van der Waals surface area (Å²) in [4.78, 5) is 30.3. The Kier molecular flexibility index (Phi) is 5.43. The summed E-state index contributed by atoms with van der Waals surface area (Å²) in [7, 11) is 1.64. The van der Waals surface area contributed by atoms with E-state index in [9.17, 15) is 14.7 Å². The Hall–Kier alpha value is -2.58. The van der Waals surface area contributed by atoms with Gasteiger partial charge in [0, 0.05) is 39.1 Å². The Morgan fingerprint density at radius 2 is 2.31 bits per heavy atom. The smallest absolute Gasteiger partial charge is 0.293 e. The van der Waals surface area contributed by atoms with E-state index < -0.39 is 0 Å². The normalized spacial score (nSPS) is 17.2. The molecular weight excluding hydrogens is 360 g/mol. The topological polar surface area (TPSA) is 96.7 Å². The molecule has 1 aromatic heterocycles. The van der Waals surface area contributed by atoms with Crippen molar-refractivity contribution >= 4 is 23.3 Å². The molecular formula is C17H19ClN4O4. The number of aromatic nitrogens is 2. The van der Waals surface area contributed by atoms with Gasteiger partial charge in [-0.2, -0.15) is 0 Å². The maximum absolute atomic E-state index is 12.7. The van der Waals surface area contributed by atoms with Crippen molar-refractivity contribution in [2.75, 3.05) is 31.6 Å². The van der Waals surface area contributed by atoms with Gasteiger partial charge in [-0.3, -0.25) is 9.59 Å². The average molecular weight is 379 g/mol. The predicted octanol–water partition coefficient (Wildman–Crippen LogP) is 1.09. The predicted molar refractivity (Wildman–Crippen MR) is 96.7 cm³/mol. The van der Waals surface area contributed by atoms with Gasteiger partial charge >= 0.3 is 0 Å². The van der Waals surface area contributed by atoms with E-state index in [0.717, 1.165) is 0 Å². The first-order chi connectivity index (χ1) is 12.5. The highest BCUT2D eigenvalue weighted by molar-refractivity contribution is 6.33. The molecule has 2 N–H and O–H groups in total. The number of aryl methyl sites for hydroxylation is 1. The first-order valence-corrected chi connectivity index (χ1v) is 8.48. The first-order valence-electron chi connectivity index (χ1n) is 8.10. The summed E-state index contributed by atoms with van der Waals surface area (Å²) in [5, 5.41) is 12.8. The van der Waals surface area contributed by atoms with E-state index in [2.05, 4.69) is 10.3 Å². The highest BCUT2D eigenvalue weighted by Crippen LogP contribution is 2.23. The van der Waals surface area contributed by atoms with Crippen molar-refractivity contribution in [3.05, 3.63) is 51.5 Å². The van der Waals surface area contributed by atoms with Crippen LogP contribution in [0.4, 0.5) is 5.82 Å². The van der Waals surface area contributed by atoms with Gasteiger partial charge in [-0.1, -0.05) is 11.6 Å². The molecule has 1 fully saturated rings. The number of halogens is 1. The van der Waals surface area contributed by atoms with Gasteiger partial charge in [0.05, 0.1) is 23.3 Å². The Morgan fingerprint density at radius 3 is 3.12 bits per heavy atom. The van der Waals surface area contributed by atoms with Gasteiger partial charge in [0.1, 0.15) is 5.75 Å². The lowest BCUT2D eigenvalue weighted by molar-refractivity contribution is -0.0149. The standard InChI is InChI=1S/C17H19ClN4O4/c1-21-5-4-19-15(17(21)25)20-9-12-10-22(6-7-26-12)16(24)13-8-11(23)2-3-14(13)18/h2-5,8,12,23H,6-7,9-10H2,1H3,(H,19,20)/t12-/m0/s1. The quantitative estimate of drug-likeness (QED) is 0.826. The minimum Gasteiger partial charge on any atom is -0.508 e. The van der Waals surface area contributed by atoms with E-state index in [4.69, 9.17) is 16.3 Å². The zero-order valence-electron chi connectivity index (χ0n) is 14.2. The number of anilines is 1. The number of hydrogen-bond acceptors (Lipinski definition) is 6. The Morgan fingerprint density at radius 1 is 1.50 bits per heavy atom. The van der Waals surface area contributed by atoms with Crippen LogP contribution in [0.1, 0.15) is 10.4 Å². The molecule has 2 heterocycles. The molecule has 1 amide bonds. The number of phenols is 1. The Bertz CT molecular complexity index is 870. The molecule has 0 unspecified atom stereocenters. The van der Waals surface area contributed by atoms with Gasteiger partial charge in [-0.25, -0.2) is 4.98 Å². The van der Waals surface area contributed by atoms with Gasteiger partial charge in [-0.05, 0) is 18.2 Å². The number of rotatable bonds is 4. The number of hydrogen-bond donors (Lipinski definition) is 2. The second-order valence-corrected chi connectivity index (χ2v) is 6.39. The highest BCUT2D eigenvalue weighted by atomic mass is 35.5. The molecule has 8 nitrogen and oxygen atoms in total. The number of morpholine rings is 1. The number of nitrogens with zero attached hydrogens (tertiary/aromatic N) is 3. The third-order valence-corrected chi connectivity index (χ3v) is 4.45. The van der Waals surface area contributed by atoms with Gasteiger partial charge in [0.2, 0.25) is 0 Å². The SMILES string of the molecule is Cn1ccnc(NC[C@H]2CN(C(=O)c3cc(O)ccc3Cl)CCO2)c1=O. The third-order valence-electron chi connectivity index (χ3n) is 4.12. The van der Waals surface area contributed by atoms with Crippen LogP contribution < -0.4 is 10.9 Å². The molecule has 0 saturated carbocycles. The Labute approximate surface area is 155 Å². The lowest BCUT2D eigenvalue weighted by Gasteiger charge is -2.33. The van der Waals surface area contributed by atoms with Crippen LogP contribution >= 0.6 is 11.6 Å². The molecule has 0 radical (unpaired) electrons. The number of benzene rings is 1. The summed E-state index contributed by atoms with van der Waals surface area (Å²) in [6.07, 6.45) is 2.81. The largest absolute Gasteiger partial charge is 0.508 e. The third kappa shape index (κ3) is 3.97. The van der Waals surface area contributed by atoms with Gasteiger partial charge < -0.3 is 24.6 Å². The number of carbonyl (C=O) groups excluding carboxylic acids is 1. The first kappa shape index (κ1) is 18.2. The van der Waals surface area contributed by atoms with Crippen molar-refractivity contribution in [1.29, 1.82) is 0 Å². The average Bonchev–Trinajstić information content (AvgIpc) is 2.64. The second-order valence-electron chi connectivity index (χ2n) is 5.98. The molecule has 26 heavy (non-hydrogen) atoms. The number of ether oxygens (including phenoxy) is 1. The van der Waals surface area contributed by atoms with Crippen molar-refractivity contribution in [2.24, 2.45) is 7.05 Å². The van der Waals surface area contributed by atoms with Crippen LogP contribution in [0.2, 0.25) is 5.02 Å². The van der Waals surface area contributed by atoms with E-state index in [1.807, 2.05) is 0 Å². The molecule has 0 aliphatic carbocycles. The second kappa shape index (κ2) is 7.76. The molecule has 1 aliphatic heterocycles. The summed E-state index contributed by atoms with van der Waals surface area (Å²) in [5.74, 6) is -0.0544. The van der Waals surface area contributed by atoms with Gasteiger partial charge in [0.25, 0.3) is 11.5 Å². The molecule has 138 valence electrons. The lowest BCUT2D eigenvalue weighted by atomic mass is 10.1. The zero-order chi connectivity index (χ0) is 18.7. The van der Waals surface area contributed by atoms with Crippen molar-refractivity contribution < 1.29 is 14.6 Å². The maximum Gasteiger partial charge on any atom is 0.293 e. The van der Waals surface area contributed by atoms with E-state index in [1.54, 1.807) is 18.1 Å². The van der Waals surface area contributed by atoms with Crippen molar-refractivity contribution in [3.63, 3.8) is 0 Å². The minimum absolute atomic E-state index is 0.0183. The fraction of sp³-hybridized carbons (Fsp3) is 0.353. The summed E-state index contributed by atoms with van der Waals surface area (Å²) in [6, 6.07) is 4.27. The molecule has 1 aromatic carbocycles.